The molecule has 4 atom stereocenters. The largest absolute Gasteiger partial charge is 0.481 e. The van der Waals surface area contributed by atoms with E-state index in [2.05, 4.69) is 13.8 Å². The molecule has 0 amide bonds. The lowest BCUT2D eigenvalue weighted by molar-refractivity contribution is -0.153. The molecular formula is C14H18O4. The second-order valence-corrected chi connectivity index (χ2v) is 6.53. The lowest BCUT2D eigenvalue weighted by Crippen LogP contribution is -2.41. The van der Waals surface area contributed by atoms with Gasteiger partial charge < -0.3 is 9.84 Å². The zero-order valence-electron chi connectivity index (χ0n) is 10.7. The van der Waals surface area contributed by atoms with Gasteiger partial charge in [0.15, 0.2) is 0 Å². The van der Waals surface area contributed by atoms with Crippen LogP contribution in [0, 0.1) is 23.2 Å². The van der Waals surface area contributed by atoms with Crippen molar-refractivity contribution in [1.82, 2.24) is 0 Å². The second kappa shape index (κ2) is 3.59. The molecule has 3 rings (SSSR count). The number of esters is 1. The summed E-state index contributed by atoms with van der Waals surface area (Å²) in [5, 5.41) is 9.23. The summed E-state index contributed by atoms with van der Waals surface area (Å²) in [6, 6.07) is 0. The molecule has 1 aliphatic heterocycles. The molecule has 0 radical (unpaired) electrons. The van der Waals surface area contributed by atoms with Gasteiger partial charge in [0.2, 0.25) is 0 Å². The fourth-order valence-electron chi connectivity index (χ4n) is 3.91. The molecule has 4 nitrogen and oxygen atoms in total. The number of hydrogen-bond acceptors (Lipinski definition) is 3. The second-order valence-electron chi connectivity index (χ2n) is 6.53. The van der Waals surface area contributed by atoms with E-state index in [4.69, 9.17) is 4.74 Å². The molecule has 0 bridgehead atoms. The van der Waals surface area contributed by atoms with Gasteiger partial charge >= 0.3 is 11.9 Å². The van der Waals surface area contributed by atoms with E-state index >= 15 is 0 Å². The Kier molecular flexibility index (Phi) is 2.34. The highest BCUT2D eigenvalue weighted by molar-refractivity contribution is 5.84. The molecule has 4 heteroatoms. The van der Waals surface area contributed by atoms with E-state index in [1.54, 1.807) is 0 Å². The summed E-state index contributed by atoms with van der Waals surface area (Å²) < 4.78 is 5.45. The number of aliphatic carboxylic acids is 1. The fourth-order valence-corrected chi connectivity index (χ4v) is 3.91. The molecule has 2 aliphatic carbocycles. The number of ether oxygens (including phenoxy) is 1. The average molecular weight is 250 g/mol. The maximum absolute atomic E-state index is 12.0. The van der Waals surface area contributed by atoms with Crippen LogP contribution in [0.4, 0.5) is 0 Å². The van der Waals surface area contributed by atoms with E-state index < -0.39 is 17.8 Å². The lowest BCUT2D eigenvalue weighted by Gasteiger charge is -2.41. The third-order valence-electron chi connectivity index (χ3n) is 4.58. The highest BCUT2D eigenvalue weighted by Gasteiger charge is 2.56. The Balaban J connectivity index is 2.00. The van der Waals surface area contributed by atoms with E-state index in [9.17, 15) is 14.7 Å². The van der Waals surface area contributed by atoms with Crippen LogP contribution < -0.4 is 0 Å². The summed E-state index contributed by atoms with van der Waals surface area (Å²) in [5.74, 6) is -2.22. The van der Waals surface area contributed by atoms with E-state index in [1.807, 2.05) is 6.08 Å². The Morgan fingerprint density at radius 1 is 1.44 bits per heavy atom. The Hall–Kier alpha value is -1.32. The number of allylic oxidation sites excluding steroid dienone is 1. The number of hydrogen-bond donors (Lipinski definition) is 1. The van der Waals surface area contributed by atoms with E-state index in [1.165, 1.54) is 5.57 Å². The van der Waals surface area contributed by atoms with Crippen LogP contribution in [-0.4, -0.2) is 23.1 Å². The number of carboxylic acid groups (broad SMARTS) is 1. The van der Waals surface area contributed by atoms with E-state index in [0.717, 1.165) is 12.8 Å². The van der Waals surface area contributed by atoms with Gasteiger partial charge in [-0.1, -0.05) is 25.5 Å². The van der Waals surface area contributed by atoms with Gasteiger partial charge in [-0.3, -0.25) is 9.59 Å². The summed E-state index contributed by atoms with van der Waals surface area (Å²) >= 11 is 0. The SMILES string of the molecule is CC1(C)CC2=CC[C@H](C(=O)O)[C@@H]3C(=O)O[C@@H](C1)[C@H]23. The summed E-state index contributed by atoms with van der Waals surface area (Å²) in [4.78, 5) is 23.2. The third-order valence-corrected chi connectivity index (χ3v) is 4.58. The molecule has 1 saturated carbocycles. The van der Waals surface area contributed by atoms with Crippen molar-refractivity contribution in [2.24, 2.45) is 23.2 Å². The average Bonchev–Trinajstić information content (AvgIpc) is 2.55. The highest BCUT2D eigenvalue weighted by Crippen LogP contribution is 2.53. The molecule has 18 heavy (non-hydrogen) atoms. The van der Waals surface area contributed by atoms with Gasteiger partial charge in [-0.05, 0) is 24.7 Å². The molecule has 1 heterocycles. The Morgan fingerprint density at radius 3 is 2.83 bits per heavy atom. The predicted molar refractivity (Wildman–Crippen MR) is 63.7 cm³/mol. The van der Waals surface area contributed by atoms with Crippen LogP contribution >= 0.6 is 0 Å². The summed E-state index contributed by atoms with van der Waals surface area (Å²) in [5.41, 5.74) is 1.38. The Labute approximate surface area is 106 Å². The zero-order chi connectivity index (χ0) is 13.1. The minimum absolute atomic E-state index is 0.0142. The minimum Gasteiger partial charge on any atom is -0.481 e. The molecule has 98 valence electrons. The van der Waals surface area contributed by atoms with E-state index in [-0.39, 0.29) is 23.4 Å². The number of carbonyl (C=O) groups is 2. The molecule has 3 aliphatic rings. The fraction of sp³-hybridized carbons (Fsp3) is 0.714. The van der Waals surface area contributed by atoms with Gasteiger partial charge in [0.05, 0.1) is 11.8 Å². The zero-order valence-corrected chi connectivity index (χ0v) is 10.7. The van der Waals surface area contributed by atoms with Crippen molar-refractivity contribution in [3.8, 4) is 0 Å². The quantitative estimate of drug-likeness (QED) is 0.571. The predicted octanol–water partition coefficient (Wildman–Crippen LogP) is 2.00. The van der Waals surface area contributed by atoms with Gasteiger partial charge in [-0.2, -0.15) is 0 Å². The van der Waals surface area contributed by atoms with Gasteiger partial charge in [0, 0.05) is 5.92 Å². The topological polar surface area (TPSA) is 63.6 Å². The maximum atomic E-state index is 12.0. The molecule has 0 aromatic heterocycles. The van der Waals surface area contributed by atoms with Crippen molar-refractivity contribution in [2.45, 2.75) is 39.2 Å². The number of carbonyl (C=O) groups excluding carboxylic acids is 1. The molecule has 1 saturated heterocycles. The third kappa shape index (κ3) is 1.58. The van der Waals surface area contributed by atoms with Crippen LogP contribution in [0.5, 0.6) is 0 Å². The molecule has 2 fully saturated rings. The van der Waals surface area contributed by atoms with Crippen molar-refractivity contribution < 1.29 is 19.4 Å². The first kappa shape index (κ1) is 11.8. The first-order chi connectivity index (χ1) is 8.39. The van der Waals surface area contributed by atoms with Crippen molar-refractivity contribution in [3.63, 3.8) is 0 Å². The molecule has 0 aromatic rings. The molecule has 0 spiro atoms. The van der Waals surface area contributed by atoms with Crippen molar-refractivity contribution in [2.75, 3.05) is 0 Å². The van der Waals surface area contributed by atoms with Crippen LogP contribution in [0.25, 0.3) is 0 Å². The van der Waals surface area contributed by atoms with Crippen LogP contribution in [-0.2, 0) is 14.3 Å². The molecule has 0 unspecified atom stereocenters. The van der Waals surface area contributed by atoms with Gasteiger partial charge in [-0.15, -0.1) is 0 Å². The molecular weight excluding hydrogens is 232 g/mol. The number of rotatable bonds is 1. The van der Waals surface area contributed by atoms with Gasteiger partial charge in [-0.25, -0.2) is 0 Å². The number of carboxylic acids is 1. The van der Waals surface area contributed by atoms with Crippen LogP contribution in [0.15, 0.2) is 11.6 Å². The van der Waals surface area contributed by atoms with Gasteiger partial charge in [0.25, 0.3) is 0 Å². The van der Waals surface area contributed by atoms with Crippen molar-refractivity contribution >= 4 is 11.9 Å². The summed E-state index contributed by atoms with van der Waals surface area (Å²) in [6.45, 7) is 4.35. The minimum atomic E-state index is -0.877. The smallest absolute Gasteiger partial charge is 0.310 e. The van der Waals surface area contributed by atoms with E-state index in [0.29, 0.717) is 6.42 Å². The summed E-state index contributed by atoms with van der Waals surface area (Å²) in [6.07, 6.45) is 4.18. The van der Waals surface area contributed by atoms with Crippen molar-refractivity contribution in [3.05, 3.63) is 11.6 Å². The standard InChI is InChI=1S/C14H18O4/c1-14(2)5-7-3-4-8(12(15)16)11-10(7)9(6-14)18-13(11)17/h3,8-11H,4-6H2,1-2H3,(H,15,16)/t8-,9-,10-,11-/m0/s1. The Bertz CT molecular complexity index is 449. The van der Waals surface area contributed by atoms with Crippen LogP contribution in [0.3, 0.4) is 0 Å². The monoisotopic (exact) mass is 250 g/mol. The lowest BCUT2D eigenvalue weighted by atomic mass is 9.61. The van der Waals surface area contributed by atoms with Gasteiger partial charge in [0.1, 0.15) is 6.10 Å². The Morgan fingerprint density at radius 2 is 2.17 bits per heavy atom. The van der Waals surface area contributed by atoms with Crippen molar-refractivity contribution in [1.29, 1.82) is 0 Å². The normalized spacial score (nSPS) is 40.8. The first-order valence-corrected chi connectivity index (χ1v) is 6.51. The first-order valence-electron chi connectivity index (χ1n) is 6.51. The molecule has 1 N–H and O–H groups in total. The maximum Gasteiger partial charge on any atom is 0.310 e. The summed E-state index contributed by atoms with van der Waals surface area (Å²) in [7, 11) is 0. The highest BCUT2D eigenvalue weighted by atomic mass is 16.6. The van der Waals surface area contributed by atoms with Crippen LogP contribution in [0.1, 0.15) is 33.1 Å². The molecule has 0 aromatic carbocycles. The van der Waals surface area contributed by atoms with Crippen LogP contribution in [0.2, 0.25) is 0 Å².